The number of carbonyl (C=O) groups excluding carboxylic acids is 1. The Hall–Kier alpha value is -2.41. The second kappa shape index (κ2) is 8.11. The van der Waals surface area contributed by atoms with Gasteiger partial charge in [-0.05, 0) is 26.3 Å². The summed E-state index contributed by atoms with van der Waals surface area (Å²) in [7, 11) is 1.86. The van der Waals surface area contributed by atoms with E-state index in [0.717, 1.165) is 17.0 Å². The first-order valence-electron chi connectivity index (χ1n) is 8.32. The van der Waals surface area contributed by atoms with E-state index in [1.807, 2.05) is 27.8 Å². The summed E-state index contributed by atoms with van der Waals surface area (Å²) in [6.45, 7) is 5.77. The van der Waals surface area contributed by atoms with Gasteiger partial charge in [-0.2, -0.15) is 5.10 Å². The number of halogens is 1. The lowest BCUT2D eigenvalue weighted by Crippen LogP contribution is -2.40. The van der Waals surface area contributed by atoms with Crippen molar-refractivity contribution in [3.63, 3.8) is 0 Å². The van der Waals surface area contributed by atoms with E-state index in [0.29, 0.717) is 6.42 Å². The van der Waals surface area contributed by atoms with Crippen molar-refractivity contribution in [1.29, 1.82) is 0 Å². The molecule has 2 amide bonds. The van der Waals surface area contributed by atoms with E-state index in [4.69, 9.17) is 0 Å². The summed E-state index contributed by atoms with van der Waals surface area (Å²) in [6.07, 6.45) is -0.398. The molecule has 0 aliphatic heterocycles. The van der Waals surface area contributed by atoms with Crippen LogP contribution in [-0.2, 0) is 7.05 Å². The number of benzene rings is 1. The van der Waals surface area contributed by atoms with Gasteiger partial charge in [0.1, 0.15) is 5.82 Å². The van der Waals surface area contributed by atoms with Gasteiger partial charge in [0.05, 0.1) is 17.8 Å². The molecule has 136 valence electrons. The first-order chi connectivity index (χ1) is 11.8. The van der Waals surface area contributed by atoms with Gasteiger partial charge < -0.3 is 15.7 Å². The topological polar surface area (TPSA) is 79.2 Å². The fraction of sp³-hybridized carbons (Fsp3) is 0.444. The second-order valence-electron chi connectivity index (χ2n) is 6.06. The number of aliphatic hydroxyl groups excluding tert-OH is 1. The average Bonchev–Trinajstić information content (AvgIpc) is 2.83. The van der Waals surface area contributed by atoms with Gasteiger partial charge in [0, 0.05) is 30.4 Å². The summed E-state index contributed by atoms with van der Waals surface area (Å²) >= 11 is 0. The Balaban J connectivity index is 1.98. The van der Waals surface area contributed by atoms with Gasteiger partial charge in [-0.3, -0.25) is 4.68 Å². The normalized spacial score (nSPS) is 13.4. The molecular weight excluding hydrogens is 323 g/mol. The molecular formula is C18H25FN4O2. The smallest absolute Gasteiger partial charge is 0.315 e. The Morgan fingerprint density at radius 1 is 1.36 bits per heavy atom. The minimum Gasteiger partial charge on any atom is -0.386 e. The van der Waals surface area contributed by atoms with E-state index in [1.54, 1.807) is 16.8 Å². The van der Waals surface area contributed by atoms with Crippen molar-refractivity contribution in [2.75, 3.05) is 6.54 Å². The number of rotatable bonds is 6. The molecule has 2 aromatic rings. The zero-order valence-electron chi connectivity index (χ0n) is 15.0. The van der Waals surface area contributed by atoms with Crippen LogP contribution in [0.3, 0.4) is 0 Å². The van der Waals surface area contributed by atoms with Crippen LogP contribution in [0.4, 0.5) is 9.18 Å². The fourth-order valence-electron chi connectivity index (χ4n) is 2.93. The zero-order valence-corrected chi connectivity index (χ0v) is 15.0. The van der Waals surface area contributed by atoms with Crippen molar-refractivity contribution in [3.05, 3.63) is 52.6 Å². The van der Waals surface area contributed by atoms with Crippen LogP contribution in [0.15, 0.2) is 24.3 Å². The van der Waals surface area contributed by atoms with Crippen LogP contribution in [0.25, 0.3) is 0 Å². The number of hydrogen-bond donors (Lipinski definition) is 3. The predicted octanol–water partition coefficient (Wildman–Crippen LogP) is 2.66. The van der Waals surface area contributed by atoms with Gasteiger partial charge in [0.25, 0.3) is 0 Å². The summed E-state index contributed by atoms with van der Waals surface area (Å²) in [4.78, 5) is 12.2. The highest BCUT2D eigenvalue weighted by Crippen LogP contribution is 2.23. The van der Waals surface area contributed by atoms with Gasteiger partial charge in [-0.25, -0.2) is 9.18 Å². The van der Waals surface area contributed by atoms with Crippen LogP contribution in [-0.4, -0.2) is 27.5 Å². The van der Waals surface area contributed by atoms with E-state index >= 15 is 0 Å². The maximum absolute atomic E-state index is 13.6. The quantitative estimate of drug-likeness (QED) is 0.751. The van der Waals surface area contributed by atoms with Crippen molar-refractivity contribution in [2.45, 2.75) is 39.3 Å². The molecule has 0 saturated heterocycles. The lowest BCUT2D eigenvalue weighted by atomic mass is 10.0. The molecule has 2 rings (SSSR count). The maximum atomic E-state index is 13.6. The Morgan fingerprint density at radius 3 is 2.60 bits per heavy atom. The Bertz CT molecular complexity index is 745. The predicted molar refractivity (Wildman–Crippen MR) is 93.6 cm³/mol. The van der Waals surface area contributed by atoms with Crippen molar-refractivity contribution >= 4 is 6.03 Å². The molecule has 6 nitrogen and oxygen atoms in total. The average molecular weight is 348 g/mol. The Morgan fingerprint density at radius 2 is 2.04 bits per heavy atom. The number of aryl methyl sites for hydroxylation is 2. The molecule has 25 heavy (non-hydrogen) atoms. The number of amides is 2. The third-order valence-electron chi connectivity index (χ3n) is 4.35. The molecule has 1 aromatic heterocycles. The third-order valence-corrected chi connectivity index (χ3v) is 4.35. The van der Waals surface area contributed by atoms with E-state index in [2.05, 4.69) is 15.7 Å². The number of aliphatic hydroxyl groups is 1. The van der Waals surface area contributed by atoms with Crippen molar-refractivity contribution in [2.24, 2.45) is 7.05 Å². The van der Waals surface area contributed by atoms with Gasteiger partial charge >= 0.3 is 6.03 Å². The molecule has 2 unspecified atom stereocenters. The van der Waals surface area contributed by atoms with E-state index in [9.17, 15) is 14.3 Å². The first-order valence-corrected chi connectivity index (χ1v) is 8.32. The molecule has 0 saturated carbocycles. The highest BCUT2D eigenvalue weighted by atomic mass is 19.1. The maximum Gasteiger partial charge on any atom is 0.315 e. The number of carbonyl (C=O) groups is 1. The number of nitrogens with one attached hydrogen (secondary N) is 2. The third kappa shape index (κ3) is 4.36. The molecule has 1 aromatic carbocycles. The highest BCUT2D eigenvalue weighted by Gasteiger charge is 2.21. The highest BCUT2D eigenvalue weighted by molar-refractivity contribution is 5.74. The molecule has 3 N–H and O–H groups in total. The molecule has 0 aliphatic carbocycles. The van der Waals surface area contributed by atoms with E-state index < -0.39 is 18.0 Å². The Kier molecular flexibility index (Phi) is 6.14. The molecule has 2 atom stereocenters. The SMILES string of the molecule is CCC(NC(=O)NCC(O)c1ccccc1F)c1c(C)nn(C)c1C. The van der Waals surface area contributed by atoms with Gasteiger partial charge in [0.2, 0.25) is 0 Å². The summed E-state index contributed by atoms with van der Waals surface area (Å²) in [5.41, 5.74) is 3.03. The molecule has 0 radical (unpaired) electrons. The molecule has 7 heteroatoms. The number of urea groups is 1. The van der Waals surface area contributed by atoms with Gasteiger partial charge in [-0.15, -0.1) is 0 Å². The van der Waals surface area contributed by atoms with Crippen LogP contribution in [0.2, 0.25) is 0 Å². The summed E-state index contributed by atoms with van der Waals surface area (Å²) in [5.74, 6) is -0.495. The standard InChI is InChI=1S/C18H25FN4O2/c1-5-15(17-11(2)22-23(4)12(17)3)21-18(25)20-10-16(24)13-8-6-7-9-14(13)19/h6-9,15-16,24H,5,10H2,1-4H3,(H2,20,21,25). The molecule has 0 spiro atoms. The zero-order chi connectivity index (χ0) is 18.6. The van der Waals surface area contributed by atoms with E-state index in [1.165, 1.54) is 12.1 Å². The van der Waals surface area contributed by atoms with Crippen LogP contribution in [0.1, 0.15) is 48.0 Å². The second-order valence-corrected chi connectivity index (χ2v) is 6.06. The molecule has 0 aliphatic rings. The minimum atomic E-state index is -1.10. The number of nitrogens with zero attached hydrogens (tertiary/aromatic N) is 2. The number of aromatic nitrogens is 2. The van der Waals surface area contributed by atoms with Gasteiger partial charge in [0.15, 0.2) is 0 Å². The lowest BCUT2D eigenvalue weighted by Gasteiger charge is -2.19. The minimum absolute atomic E-state index is 0.0752. The molecule has 0 bridgehead atoms. The monoisotopic (exact) mass is 348 g/mol. The Labute approximate surface area is 147 Å². The van der Waals surface area contributed by atoms with Crippen LogP contribution < -0.4 is 10.6 Å². The van der Waals surface area contributed by atoms with Crippen LogP contribution in [0.5, 0.6) is 0 Å². The molecule has 1 heterocycles. The molecule has 0 fully saturated rings. The number of hydrogen-bond acceptors (Lipinski definition) is 3. The summed E-state index contributed by atoms with van der Waals surface area (Å²) < 4.78 is 15.4. The summed E-state index contributed by atoms with van der Waals surface area (Å²) in [5, 5.41) is 19.9. The van der Waals surface area contributed by atoms with Crippen LogP contribution in [0, 0.1) is 19.7 Å². The first kappa shape index (κ1) is 18.9. The van der Waals surface area contributed by atoms with E-state index in [-0.39, 0.29) is 18.2 Å². The van der Waals surface area contributed by atoms with Gasteiger partial charge in [-0.1, -0.05) is 25.1 Å². The van der Waals surface area contributed by atoms with Crippen LogP contribution >= 0.6 is 0 Å². The largest absolute Gasteiger partial charge is 0.386 e. The van der Waals surface area contributed by atoms with Crippen molar-refractivity contribution < 1.29 is 14.3 Å². The fourth-order valence-corrected chi connectivity index (χ4v) is 2.93. The van der Waals surface area contributed by atoms with Crippen molar-refractivity contribution in [1.82, 2.24) is 20.4 Å². The summed E-state index contributed by atoms with van der Waals surface area (Å²) in [6, 6.07) is 5.37. The lowest BCUT2D eigenvalue weighted by molar-refractivity contribution is 0.168. The van der Waals surface area contributed by atoms with Crippen molar-refractivity contribution in [3.8, 4) is 0 Å².